The molecular formula is C15H14N2O6S3. The Hall–Kier alpha value is -2.14. The van der Waals surface area contributed by atoms with Gasteiger partial charge in [-0.1, -0.05) is 24.3 Å². The van der Waals surface area contributed by atoms with Crippen LogP contribution in [-0.4, -0.2) is 36.4 Å². The number of nitrogens with zero attached hydrogens (tertiary/aromatic N) is 1. The first-order chi connectivity index (χ1) is 12.0. The third-order valence-corrected chi connectivity index (χ3v) is 5.68. The minimum atomic E-state index is -4.57. The molecule has 0 spiro atoms. The lowest BCUT2D eigenvalue weighted by atomic mass is 9.97. The lowest BCUT2D eigenvalue weighted by Gasteiger charge is -2.20. The average molecular weight is 414 g/mol. The molecule has 0 saturated heterocycles. The van der Waals surface area contributed by atoms with Gasteiger partial charge in [0.25, 0.3) is 20.2 Å². The second-order valence-corrected chi connectivity index (χ2v) is 8.49. The fourth-order valence-electron chi connectivity index (χ4n) is 2.37. The molecule has 26 heavy (non-hydrogen) atoms. The van der Waals surface area contributed by atoms with Crippen molar-refractivity contribution in [3.63, 3.8) is 0 Å². The van der Waals surface area contributed by atoms with Gasteiger partial charge in [-0.05, 0) is 42.1 Å². The standard InChI is InChI=1S/C15H14N2O6S3/c16-12-5-3-10(14(7-12)25(18,19)20)1-2-11-4-6-13(17-9-24)8-15(11)26(21,22)23/h1-8,10,14H,16H2,(H,18,19,20)(H,21,22,23). The first-order valence-electron chi connectivity index (χ1n) is 7.02. The van der Waals surface area contributed by atoms with Crippen LogP contribution in [0.25, 0.3) is 6.08 Å². The highest BCUT2D eigenvalue weighted by Crippen LogP contribution is 2.27. The fraction of sp³-hybridized carbons (Fsp3) is 0.133. The summed E-state index contributed by atoms with van der Waals surface area (Å²) < 4.78 is 64.9. The van der Waals surface area contributed by atoms with E-state index in [0.29, 0.717) is 0 Å². The van der Waals surface area contributed by atoms with E-state index < -0.39 is 36.3 Å². The van der Waals surface area contributed by atoms with Crippen LogP contribution in [0, 0.1) is 5.92 Å². The average Bonchev–Trinajstić information content (AvgIpc) is 2.53. The molecule has 0 saturated carbocycles. The van der Waals surface area contributed by atoms with Gasteiger partial charge in [0.05, 0.1) is 10.8 Å². The van der Waals surface area contributed by atoms with E-state index in [0.717, 1.165) is 6.07 Å². The molecule has 1 aromatic carbocycles. The van der Waals surface area contributed by atoms with Gasteiger partial charge in [-0.3, -0.25) is 9.11 Å². The Bertz CT molecular complexity index is 1060. The highest BCUT2D eigenvalue weighted by atomic mass is 32.2. The molecular weight excluding hydrogens is 400 g/mol. The van der Waals surface area contributed by atoms with Gasteiger partial charge < -0.3 is 5.73 Å². The Morgan fingerprint density at radius 3 is 2.50 bits per heavy atom. The summed E-state index contributed by atoms with van der Waals surface area (Å²) in [5, 5.41) is 0.776. The first-order valence-corrected chi connectivity index (χ1v) is 10.4. The molecule has 2 atom stereocenters. The maximum absolute atomic E-state index is 11.6. The molecule has 0 radical (unpaired) electrons. The van der Waals surface area contributed by atoms with Gasteiger partial charge in [0.2, 0.25) is 0 Å². The highest BCUT2D eigenvalue weighted by Gasteiger charge is 2.29. The van der Waals surface area contributed by atoms with Crippen molar-refractivity contribution >= 4 is 49.4 Å². The van der Waals surface area contributed by atoms with Crippen LogP contribution in [0.1, 0.15) is 5.56 Å². The Kier molecular flexibility index (Phi) is 5.91. The molecule has 0 amide bonds. The highest BCUT2D eigenvalue weighted by molar-refractivity contribution is 7.86. The van der Waals surface area contributed by atoms with Gasteiger partial charge >= 0.3 is 0 Å². The molecule has 1 aromatic rings. The minimum absolute atomic E-state index is 0.0980. The topological polar surface area (TPSA) is 147 Å². The smallest absolute Gasteiger partial charge is 0.295 e. The van der Waals surface area contributed by atoms with Crippen molar-refractivity contribution in [2.75, 3.05) is 0 Å². The van der Waals surface area contributed by atoms with E-state index in [4.69, 9.17) is 5.73 Å². The number of isothiocyanates is 1. The summed E-state index contributed by atoms with van der Waals surface area (Å²) in [7, 11) is -8.99. The molecule has 0 heterocycles. The van der Waals surface area contributed by atoms with Crippen LogP contribution in [0.4, 0.5) is 5.69 Å². The summed E-state index contributed by atoms with van der Waals surface area (Å²) in [5.74, 6) is -0.787. The Balaban J connectivity index is 2.47. The summed E-state index contributed by atoms with van der Waals surface area (Å²) in [6.07, 6.45) is 6.81. The van der Waals surface area contributed by atoms with Crippen molar-refractivity contribution in [2.45, 2.75) is 10.1 Å². The van der Waals surface area contributed by atoms with Crippen LogP contribution in [0.5, 0.6) is 0 Å². The monoisotopic (exact) mass is 414 g/mol. The molecule has 0 aromatic heterocycles. The van der Waals surface area contributed by atoms with Gasteiger partial charge in [-0.15, -0.1) is 0 Å². The van der Waals surface area contributed by atoms with Crippen LogP contribution in [0.2, 0.25) is 0 Å². The predicted molar refractivity (Wildman–Crippen MR) is 100 cm³/mol. The van der Waals surface area contributed by atoms with E-state index in [2.05, 4.69) is 22.4 Å². The fourth-order valence-corrected chi connectivity index (χ4v) is 4.08. The van der Waals surface area contributed by atoms with Crippen molar-refractivity contribution in [3.05, 3.63) is 53.8 Å². The van der Waals surface area contributed by atoms with Gasteiger partial charge in [0, 0.05) is 11.6 Å². The predicted octanol–water partition coefficient (Wildman–Crippen LogP) is 1.97. The lowest BCUT2D eigenvalue weighted by molar-refractivity contribution is 0.467. The van der Waals surface area contributed by atoms with Crippen molar-refractivity contribution in [2.24, 2.45) is 16.6 Å². The summed E-state index contributed by atoms with van der Waals surface area (Å²) >= 11 is 4.45. The second kappa shape index (κ2) is 7.62. The second-order valence-electron chi connectivity index (χ2n) is 5.34. The van der Waals surface area contributed by atoms with E-state index >= 15 is 0 Å². The Labute approximate surface area is 155 Å². The first kappa shape index (κ1) is 20.2. The van der Waals surface area contributed by atoms with Crippen LogP contribution >= 0.6 is 12.2 Å². The number of aliphatic imine (C=N–C) groups is 1. The quantitative estimate of drug-likeness (QED) is 0.376. The zero-order chi connectivity index (χ0) is 19.5. The number of rotatable bonds is 5. The third-order valence-electron chi connectivity index (χ3n) is 3.54. The van der Waals surface area contributed by atoms with E-state index in [-0.39, 0.29) is 16.9 Å². The van der Waals surface area contributed by atoms with Crippen LogP contribution < -0.4 is 5.73 Å². The van der Waals surface area contributed by atoms with Crippen LogP contribution in [-0.2, 0) is 20.2 Å². The van der Waals surface area contributed by atoms with E-state index in [1.165, 1.54) is 42.5 Å². The SMILES string of the molecule is NC1=CC(S(=O)(=O)O)C(C=Cc2ccc(N=C=S)cc2S(=O)(=O)O)C=C1. The zero-order valence-corrected chi connectivity index (χ0v) is 15.5. The maximum atomic E-state index is 11.6. The van der Waals surface area contributed by atoms with Crippen molar-refractivity contribution in [1.29, 1.82) is 0 Å². The molecule has 2 unspecified atom stereocenters. The Morgan fingerprint density at radius 2 is 1.92 bits per heavy atom. The third kappa shape index (κ3) is 4.94. The lowest BCUT2D eigenvalue weighted by Crippen LogP contribution is -2.28. The number of nitrogens with two attached hydrogens (primary N) is 1. The van der Waals surface area contributed by atoms with Crippen molar-refractivity contribution < 1.29 is 25.9 Å². The Morgan fingerprint density at radius 1 is 1.23 bits per heavy atom. The summed E-state index contributed by atoms with van der Waals surface area (Å²) in [4.78, 5) is 3.21. The van der Waals surface area contributed by atoms with Crippen LogP contribution in [0.15, 0.2) is 58.1 Å². The molecule has 0 bridgehead atoms. The van der Waals surface area contributed by atoms with Gasteiger partial charge in [-0.2, -0.15) is 21.8 Å². The molecule has 2 rings (SSSR count). The summed E-state index contributed by atoms with van der Waals surface area (Å²) in [5.41, 5.74) is 6.01. The normalized spacial score (nSPS) is 20.6. The summed E-state index contributed by atoms with van der Waals surface area (Å²) in [6.45, 7) is 0. The minimum Gasteiger partial charge on any atom is -0.399 e. The molecule has 0 fully saturated rings. The molecule has 8 nitrogen and oxygen atoms in total. The van der Waals surface area contributed by atoms with Gasteiger partial charge in [0.15, 0.2) is 0 Å². The van der Waals surface area contributed by atoms with E-state index in [9.17, 15) is 25.9 Å². The largest absolute Gasteiger partial charge is 0.399 e. The molecule has 138 valence electrons. The number of benzene rings is 1. The number of thiocarbonyl (C=S) groups is 1. The van der Waals surface area contributed by atoms with Crippen LogP contribution in [0.3, 0.4) is 0 Å². The molecule has 1 aliphatic rings. The number of hydrogen-bond acceptors (Lipinski definition) is 7. The number of hydrogen-bond donors (Lipinski definition) is 3. The van der Waals surface area contributed by atoms with E-state index in [1.807, 2.05) is 0 Å². The van der Waals surface area contributed by atoms with E-state index in [1.54, 1.807) is 0 Å². The molecule has 1 aliphatic carbocycles. The zero-order valence-electron chi connectivity index (χ0n) is 13.1. The van der Waals surface area contributed by atoms with Crippen molar-refractivity contribution in [1.82, 2.24) is 0 Å². The van der Waals surface area contributed by atoms with Gasteiger partial charge in [0.1, 0.15) is 10.1 Å². The molecule has 11 heteroatoms. The molecule has 4 N–H and O–H groups in total. The molecule has 0 aliphatic heterocycles. The maximum Gasteiger partial charge on any atom is 0.295 e. The summed E-state index contributed by atoms with van der Waals surface area (Å²) in [6, 6.07) is 3.91. The van der Waals surface area contributed by atoms with Crippen molar-refractivity contribution in [3.8, 4) is 0 Å². The van der Waals surface area contributed by atoms with Gasteiger partial charge in [-0.25, -0.2) is 0 Å². The number of allylic oxidation sites excluding steroid dienone is 3.